The van der Waals surface area contributed by atoms with Crippen LogP contribution in [-0.2, 0) is 17.8 Å². The van der Waals surface area contributed by atoms with Crippen LogP contribution in [0.15, 0.2) is 12.1 Å². The summed E-state index contributed by atoms with van der Waals surface area (Å²) in [6.07, 6.45) is 0. The van der Waals surface area contributed by atoms with E-state index in [0.29, 0.717) is 0 Å². The van der Waals surface area contributed by atoms with E-state index in [1.807, 2.05) is 18.4 Å². The molecule has 0 amide bonds. The van der Waals surface area contributed by atoms with E-state index in [4.69, 9.17) is 4.74 Å². The van der Waals surface area contributed by atoms with Crippen LogP contribution in [0, 0.1) is 0 Å². The average Bonchev–Trinajstić information content (AvgIpc) is 2.72. The number of hydrogen-bond donors (Lipinski definition) is 1. The highest BCUT2D eigenvalue weighted by atomic mass is 32.1. The fraction of sp³-hybridized carbons (Fsp3) is 0.667. The van der Waals surface area contributed by atoms with Crippen LogP contribution >= 0.6 is 11.3 Å². The molecule has 0 aliphatic rings. The number of methoxy groups -OCH3 is 1. The third-order valence-electron chi connectivity index (χ3n) is 2.51. The first-order chi connectivity index (χ1) is 7.80. The number of nitrogens with one attached hydrogen (secondary N) is 1. The molecular formula is C12H22N2OS. The van der Waals surface area contributed by atoms with Crippen molar-refractivity contribution in [3.63, 3.8) is 0 Å². The first-order valence-electron chi connectivity index (χ1n) is 5.73. The van der Waals surface area contributed by atoms with E-state index in [2.05, 4.69) is 29.3 Å². The van der Waals surface area contributed by atoms with Crippen molar-refractivity contribution < 1.29 is 4.74 Å². The van der Waals surface area contributed by atoms with Gasteiger partial charge in [-0.2, -0.15) is 0 Å². The van der Waals surface area contributed by atoms with Gasteiger partial charge in [0.25, 0.3) is 0 Å². The lowest BCUT2D eigenvalue weighted by molar-refractivity contribution is 0.148. The lowest BCUT2D eigenvalue weighted by atomic mass is 10.4. The number of hydrogen-bond acceptors (Lipinski definition) is 4. The van der Waals surface area contributed by atoms with Gasteiger partial charge >= 0.3 is 0 Å². The average molecular weight is 242 g/mol. The minimum Gasteiger partial charge on any atom is -0.383 e. The summed E-state index contributed by atoms with van der Waals surface area (Å²) < 4.78 is 5.11. The van der Waals surface area contributed by atoms with Crippen LogP contribution < -0.4 is 5.32 Å². The largest absolute Gasteiger partial charge is 0.383 e. The van der Waals surface area contributed by atoms with Crippen LogP contribution in [0.2, 0.25) is 0 Å². The molecule has 1 N–H and O–H groups in total. The molecule has 0 bridgehead atoms. The normalized spacial score (nSPS) is 11.2. The first kappa shape index (κ1) is 13.6. The predicted molar refractivity (Wildman–Crippen MR) is 69.9 cm³/mol. The van der Waals surface area contributed by atoms with Crippen molar-refractivity contribution in [3.8, 4) is 0 Å². The molecule has 1 heterocycles. The molecule has 0 unspecified atom stereocenters. The number of likely N-dealkylation sites (N-methyl/N-ethyl adjacent to an activating group) is 1. The van der Waals surface area contributed by atoms with Gasteiger partial charge < -0.3 is 10.1 Å². The zero-order valence-corrected chi connectivity index (χ0v) is 11.3. The van der Waals surface area contributed by atoms with E-state index < -0.39 is 0 Å². The lowest BCUT2D eigenvalue weighted by Gasteiger charge is -2.18. The van der Waals surface area contributed by atoms with Crippen LogP contribution in [-0.4, -0.2) is 38.8 Å². The van der Waals surface area contributed by atoms with Crippen LogP contribution in [0.4, 0.5) is 0 Å². The summed E-state index contributed by atoms with van der Waals surface area (Å²) >= 11 is 1.89. The Morgan fingerprint density at radius 2 is 2.12 bits per heavy atom. The van der Waals surface area contributed by atoms with Gasteiger partial charge in [-0.1, -0.05) is 6.92 Å². The molecule has 0 aromatic carbocycles. The zero-order valence-electron chi connectivity index (χ0n) is 10.5. The highest BCUT2D eigenvalue weighted by Gasteiger charge is 2.05. The van der Waals surface area contributed by atoms with E-state index in [-0.39, 0.29) is 0 Å². The van der Waals surface area contributed by atoms with Gasteiger partial charge in [0.05, 0.1) is 6.61 Å². The summed E-state index contributed by atoms with van der Waals surface area (Å²) in [6, 6.07) is 4.44. The van der Waals surface area contributed by atoms with Crippen molar-refractivity contribution in [2.45, 2.75) is 20.0 Å². The Balaban J connectivity index is 2.43. The molecule has 0 saturated heterocycles. The Labute approximate surface area is 102 Å². The summed E-state index contributed by atoms with van der Waals surface area (Å²) in [7, 11) is 3.74. The number of nitrogens with zero attached hydrogens (tertiary/aromatic N) is 1. The maximum atomic E-state index is 5.11. The van der Waals surface area contributed by atoms with E-state index in [9.17, 15) is 0 Å². The van der Waals surface area contributed by atoms with Gasteiger partial charge in [-0.05, 0) is 25.7 Å². The minimum atomic E-state index is 0.808. The fourth-order valence-corrected chi connectivity index (χ4v) is 2.64. The molecular weight excluding hydrogens is 220 g/mol. The number of rotatable bonds is 8. The highest BCUT2D eigenvalue weighted by Crippen LogP contribution is 2.18. The summed E-state index contributed by atoms with van der Waals surface area (Å²) in [5.41, 5.74) is 0. The molecule has 92 valence electrons. The first-order valence-corrected chi connectivity index (χ1v) is 6.55. The molecule has 1 aromatic rings. The summed E-state index contributed by atoms with van der Waals surface area (Å²) in [5, 5.41) is 3.18. The Bertz CT molecular complexity index is 288. The molecule has 4 heteroatoms. The van der Waals surface area contributed by atoms with Crippen LogP contribution in [0.1, 0.15) is 16.7 Å². The molecule has 0 saturated carbocycles. The SMILES string of the molecule is CCN(CCOC)Cc1ccc(CNC)s1. The highest BCUT2D eigenvalue weighted by molar-refractivity contribution is 7.11. The van der Waals surface area contributed by atoms with Crippen molar-refractivity contribution in [1.82, 2.24) is 10.2 Å². The van der Waals surface area contributed by atoms with Gasteiger partial charge in [0, 0.05) is 36.5 Å². The second-order valence-electron chi connectivity index (χ2n) is 3.76. The predicted octanol–water partition coefficient (Wildman–Crippen LogP) is 1.94. The van der Waals surface area contributed by atoms with E-state index >= 15 is 0 Å². The van der Waals surface area contributed by atoms with E-state index in [0.717, 1.165) is 32.8 Å². The molecule has 16 heavy (non-hydrogen) atoms. The lowest BCUT2D eigenvalue weighted by Crippen LogP contribution is -2.26. The van der Waals surface area contributed by atoms with Crippen molar-refractivity contribution in [2.75, 3.05) is 33.9 Å². The monoisotopic (exact) mass is 242 g/mol. The molecule has 0 spiro atoms. The Morgan fingerprint density at radius 3 is 2.75 bits per heavy atom. The Morgan fingerprint density at radius 1 is 1.38 bits per heavy atom. The van der Waals surface area contributed by atoms with Gasteiger partial charge in [-0.15, -0.1) is 11.3 Å². The molecule has 1 aromatic heterocycles. The second kappa shape index (κ2) is 7.79. The standard InChI is InChI=1S/C12H22N2OS/c1-4-14(7-8-15-3)10-12-6-5-11(16-12)9-13-2/h5-6,13H,4,7-10H2,1-3H3. The third-order valence-corrected chi connectivity index (χ3v) is 3.58. The third kappa shape index (κ3) is 4.61. The van der Waals surface area contributed by atoms with E-state index in [1.165, 1.54) is 9.75 Å². The maximum absolute atomic E-state index is 5.11. The maximum Gasteiger partial charge on any atom is 0.0589 e. The summed E-state index contributed by atoms with van der Waals surface area (Å²) in [5.74, 6) is 0. The topological polar surface area (TPSA) is 24.5 Å². The molecule has 0 atom stereocenters. The number of ether oxygens (including phenoxy) is 1. The molecule has 1 rings (SSSR count). The van der Waals surface area contributed by atoms with Crippen molar-refractivity contribution in [3.05, 3.63) is 21.9 Å². The van der Waals surface area contributed by atoms with Gasteiger partial charge in [0.15, 0.2) is 0 Å². The molecule has 3 nitrogen and oxygen atoms in total. The van der Waals surface area contributed by atoms with Gasteiger partial charge in [0.2, 0.25) is 0 Å². The van der Waals surface area contributed by atoms with Gasteiger partial charge in [-0.25, -0.2) is 0 Å². The molecule has 0 fully saturated rings. The molecule has 0 radical (unpaired) electrons. The molecule has 0 aliphatic heterocycles. The smallest absolute Gasteiger partial charge is 0.0589 e. The number of thiophene rings is 1. The summed E-state index contributed by atoms with van der Waals surface area (Å²) in [6.45, 7) is 7.08. The van der Waals surface area contributed by atoms with Crippen LogP contribution in [0.3, 0.4) is 0 Å². The molecule has 0 aliphatic carbocycles. The summed E-state index contributed by atoms with van der Waals surface area (Å²) in [4.78, 5) is 5.24. The van der Waals surface area contributed by atoms with Gasteiger partial charge in [-0.3, -0.25) is 4.90 Å². The van der Waals surface area contributed by atoms with Gasteiger partial charge in [0.1, 0.15) is 0 Å². The quantitative estimate of drug-likeness (QED) is 0.754. The zero-order chi connectivity index (χ0) is 11.8. The van der Waals surface area contributed by atoms with Crippen molar-refractivity contribution >= 4 is 11.3 Å². The minimum absolute atomic E-state index is 0.808. The Hall–Kier alpha value is -0.420. The van der Waals surface area contributed by atoms with Crippen LogP contribution in [0.5, 0.6) is 0 Å². The fourth-order valence-electron chi connectivity index (χ4n) is 1.57. The van der Waals surface area contributed by atoms with Crippen LogP contribution in [0.25, 0.3) is 0 Å². The van der Waals surface area contributed by atoms with Crippen molar-refractivity contribution in [1.29, 1.82) is 0 Å². The second-order valence-corrected chi connectivity index (χ2v) is 5.01. The Kier molecular flexibility index (Phi) is 6.64. The van der Waals surface area contributed by atoms with E-state index in [1.54, 1.807) is 7.11 Å². The van der Waals surface area contributed by atoms with Crippen molar-refractivity contribution in [2.24, 2.45) is 0 Å².